The Morgan fingerprint density at radius 2 is 2.08 bits per heavy atom. The predicted octanol–water partition coefficient (Wildman–Crippen LogP) is 1.70. The molecule has 5 rings (SSSR count). The molecule has 0 radical (unpaired) electrons. The van der Waals surface area contributed by atoms with E-state index in [0.29, 0.717) is 6.54 Å². The molecule has 0 aliphatic carbocycles. The van der Waals surface area contributed by atoms with E-state index in [4.69, 9.17) is 9.47 Å². The van der Waals surface area contributed by atoms with Gasteiger partial charge in [-0.1, -0.05) is 0 Å². The van der Waals surface area contributed by atoms with Crippen LogP contribution < -0.4 is 14.4 Å². The number of hydrogen-bond donors (Lipinski definition) is 1. The molecule has 7 heteroatoms. The molecule has 1 atom stereocenters. The molecule has 24 heavy (non-hydrogen) atoms. The van der Waals surface area contributed by atoms with Crippen molar-refractivity contribution >= 4 is 11.5 Å². The summed E-state index contributed by atoms with van der Waals surface area (Å²) in [6.07, 6.45) is 5.97. The Labute approximate surface area is 138 Å². The summed E-state index contributed by atoms with van der Waals surface area (Å²) in [5.41, 5.74) is 2.76. The van der Waals surface area contributed by atoms with Crippen molar-refractivity contribution in [2.75, 3.05) is 24.8 Å². The Kier molecular flexibility index (Phi) is 2.90. The zero-order valence-electron chi connectivity index (χ0n) is 12.9. The number of ether oxygens (including phenoxy) is 2. The molecule has 7 nitrogen and oxygen atoms in total. The highest BCUT2D eigenvalue weighted by Gasteiger charge is 2.24. The lowest BCUT2D eigenvalue weighted by atomic mass is 10.1. The number of fused-ring (bicyclic) bond motifs is 2. The molecule has 0 saturated carbocycles. The summed E-state index contributed by atoms with van der Waals surface area (Å²) in [6.45, 7) is 1.65. The van der Waals surface area contributed by atoms with Gasteiger partial charge in [-0.25, -0.2) is 9.97 Å². The lowest BCUT2D eigenvalue weighted by Gasteiger charge is -2.17. The second-order valence-electron chi connectivity index (χ2n) is 6.04. The van der Waals surface area contributed by atoms with E-state index in [2.05, 4.69) is 14.9 Å². The molecule has 2 aliphatic heterocycles. The summed E-state index contributed by atoms with van der Waals surface area (Å²) in [7, 11) is 0. The normalized spacial score (nSPS) is 19.4. The van der Waals surface area contributed by atoms with Crippen LogP contribution in [0.4, 0.5) is 5.82 Å². The number of aliphatic hydroxyl groups excluding tert-OH is 1. The minimum atomic E-state index is -0.296. The van der Waals surface area contributed by atoms with Crippen LogP contribution in [0.5, 0.6) is 11.5 Å². The summed E-state index contributed by atoms with van der Waals surface area (Å²) < 4.78 is 12.9. The summed E-state index contributed by atoms with van der Waals surface area (Å²) in [4.78, 5) is 11.1. The first-order valence-electron chi connectivity index (χ1n) is 7.95. The number of rotatable bonds is 2. The zero-order valence-corrected chi connectivity index (χ0v) is 12.9. The predicted molar refractivity (Wildman–Crippen MR) is 87.4 cm³/mol. The van der Waals surface area contributed by atoms with Gasteiger partial charge in [0.1, 0.15) is 0 Å². The van der Waals surface area contributed by atoms with E-state index in [1.807, 2.05) is 35.0 Å². The molecule has 1 aromatic carbocycles. The molecule has 0 bridgehead atoms. The monoisotopic (exact) mass is 324 g/mol. The second-order valence-corrected chi connectivity index (χ2v) is 6.04. The maximum Gasteiger partial charge on any atom is 0.231 e. The fourth-order valence-corrected chi connectivity index (χ4v) is 3.33. The standard InChI is InChI=1S/C17H16N4O3/c22-12-3-5-20(9-12)16-17-19-8-13(21(17)6-4-18-16)11-1-2-14-15(7-11)24-10-23-14/h1-2,4,6-8,12,22H,3,5,9-10H2. The number of anilines is 1. The fourth-order valence-electron chi connectivity index (χ4n) is 3.33. The maximum atomic E-state index is 9.78. The van der Waals surface area contributed by atoms with Gasteiger partial charge >= 0.3 is 0 Å². The van der Waals surface area contributed by atoms with Crippen LogP contribution in [0.2, 0.25) is 0 Å². The van der Waals surface area contributed by atoms with Crippen molar-refractivity contribution in [2.45, 2.75) is 12.5 Å². The number of aliphatic hydroxyl groups is 1. The van der Waals surface area contributed by atoms with Gasteiger partial charge in [-0.05, 0) is 24.6 Å². The van der Waals surface area contributed by atoms with Crippen molar-refractivity contribution < 1.29 is 14.6 Å². The topological polar surface area (TPSA) is 72.1 Å². The third kappa shape index (κ3) is 2.01. The highest BCUT2D eigenvalue weighted by molar-refractivity contribution is 5.73. The minimum absolute atomic E-state index is 0.261. The van der Waals surface area contributed by atoms with E-state index < -0.39 is 0 Å². The van der Waals surface area contributed by atoms with Crippen LogP contribution >= 0.6 is 0 Å². The van der Waals surface area contributed by atoms with Crippen LogP contribution in [0, 0.1) is 0 Å². The first kappa shape index (κ1) is 13.6. The van der Waals surface area contributed by atoms with E-state index >= 15 is 0 Å². The summed E-state index contributed by atoms with van der Waals surface area (Å²) in [6, 6.07) is 5.87. The molecule has 1 N–H and O–H groups in total. The summed E-state index contributed by atoms with van der Waals surface area (Å²) >= 11 is 0. The molecule has 0 amide bonds. The SMILES string of the molecule is OC1CCN(c2nccn3c(-c4ccc5c(c4)OCO5)cnc23)C1. The largest absolute Gasteiger partial charge is 0.454 e. The average molecular weight is 324 g/mol. The Balaban J connectivity index is 1.61. The van der Waals surface area contributed by atoms with Gasteiger partial charge in [0.15, 0.2) is 23.0 Å². The van der Waals surface area contributed by atoms with Crippen molar-refractivity contribution in [1.82, 2.24) is 14.4 Å². The molecule has 122 valence electrons. The molecule has 3 aromatic rings. The number of imidazole rings is 1. The number of benzene rings is 1. The van der Waals surface area contributed by atoms with E-state index in [1.165, 1.54) is 0 Å². The highest BCUT2D eigenvalue weighted by Crippen LogP contribution is 2.36. The fraction of sp³-hybridized carbons (Fsp3) is 0.294. The maximum absolute atomic E-state index is 9.78. The second kappa shape index (κ2) is 5.10. The molecule has 2 aromatic heterocycles. The first-order chi connectivity index (χ1) is 11.8. The van der Waals surface area contributed by atoms with Crippen LogP contribution in [-0.4, -0.2) is 45.5 Å². The zero-order chi connectivity index (χ0) is 16.1. The highest BCUT2D eigenvalue weighted by atomic mass is 16.7. The third-order valence-corrected chi connectivity index (χ3v) is 4.54. The van der Waals surface area contributed by atoms with E-state index in [9.17, 15) is 5.11 Å². The van der Waals surface area contributed by atoms with E-state index in [-0.39, 0.29) is 12.9 Å². The smallest absolute Gasteiger partial charge is 0.231 e. The Morgan fingerprint density at radius 3 is 2.96 bits per heavy atom. The lowest BCUT2D eigenvalue weighted by molar-refractivity contribution is 0.174. The molecular formula is C17H16N4O3. The van der Waals surface area contributed by atoms with E-state index in [1.54, 1.807) is 6.20 Å². The van der Waals surface area contributed by atoms with Gasteiger partial charge in [0.25, 0.3) is 0 Å². The molecule has 2 aliphatic rings. The molecule has 1 unspecified atom stereocenters. The quantitative estimate of drug-likeness (QED) is 0.773. The third-order valence-electron chi connectivity index (χ3n) is 4.54. The molecule has 0 spiro atoms. The average Bonchev–Trinajstić information content (AvgIpc) is 3.32. The van der Waals surface area contributed by atoms with E-state index in [0.717, 1.165) is 47.2 Å². The molecule has 1 fully saturated rings. The Bertz CT molecular complexity index is 923. The minimum Gasteiger partial charge on any atom is -0.454 e. The van der Waals surface area contributed by atoms with Crippen molar-refractivity contribution in [3.8, 4) is 22.8 Å². The summed E-state index contributed by atoms with van der Waals surface area (Å²) in [5, 5.41) is 9.78. The van der Waals surface area contributed by atoms with Crippen molar-refractivity contribution in [3.63, 3.8) is 0 Å². The van der Waals surface area contributed by atoms with Gasteiger partial charge in [0.05, 0.1) is 18.0 Å². The lowest BCUT2D eigenvalue weighted by Crippen LogP contribution is -2.23. The molecular weight excluding hydrogens is 308 g/mol. The van der Waals surface area contributed by atoms with Crippen molar-refractivity contribution in [1.29, 1.82) is 0 Å². The van der Waals surface area contributed by atoms with Crippen LogP contribution in [0.25, 0.3) is 16.9 Å². The van der Waals surface area contributed by atoms with Crippen LogP contribution in [0.3, 0.4) is 0 Å². The van der Waals surface area contributed by atoms with Gasteiger partial charge in [-0.15, -0.1) is 0 Å². The molecule has 4 heterocycles. The Morgan fingerprint density at radius 1 is 1.17 bits per heavy atom. The number of nitrogens with zero attached hydrogens (tertiary/aromatic N) is 4. The molecule has 1 saturated heterocycles. The first-order valence-corrected chi connectivity index (χ1v) is 7.95. The van der Waals surface area contributed by atoms with Gasteiger partial charge < -0.3 is 19.5 Å². The van der Waals surface area contributed by atoms with Gasteiger partial charge in [-0.3, -0.25) is 4.40 Å². The van der Waals surface area contributed by atoms with Crippen LogP contribution in [0.1, 0.15) is 6.42 Å². The van der Waals surface area contributed by atoms with Gasteiger partial charge in [0.2, 0.25) is 6.79 Å². The Hall–Kier alpha value is -2.80. The van der Waals surface area contributed by atoms with Crippen molar-refractivity contribution in [2.24, 2.45) is 0 Å². The number of aromatic nitrogens is 3. The van der Waals surface area contributed by atoms with Crippen molar-refractivity contribution in [3.05, 3.63) is 36.8 Å². The van der Waals surface area contributed by atoms with Crippen LogP contribution in [0.15, 0.2) is 36.8 Å². The van der Waals surface area contributed by atoms with Crippen LogP contribution in [-0.2, 0) is 0 Å². The number of β-amino-alcohol motifs (C(OH)–C–C–N with tert-alkyl or cyclic N) is 1. The summed E-state index contributed by atoms with van der Waals surface area (Å²) in [5.74, 6) is 2.32. The van der Waals surface area contributed by atoms with Gasteiger partial charge in [-0.2, -0.15) is 0 Å². The number of hydrogen-bond acceptors (Lipinski definition) is 6. The van der Waals surface area contributed by atoms with Gasteiger partial charge in [0, 0.05) is 31.0 Å².